The van der Waals surface area contributed by atoms with Gasteiger partial charge in [-0.1, -0.05) is 6.92 Å². The molecule has 17 heavy (non-hydrogen) atoms. The van der Waals surface area contributed by atoms with Gasteiger partial charge in [-0.2, -0.15) is 11.8 Å². The molecule has 1 aliphatic heterocycles. The minimum Gasteiger partial charge on any atom is -0.305 e. The molecule has 0 aromatic carbocycles. The van der Waals surface area contributed by atoms with Gasteiger partial charge in [-0.3, -0.25) is 0 Å². The molecule has 5 heteroatoms. The first-order valence-corrected chi connectivity index (χ1v) is 8.09. The van der Waals surface area contributed by atoms with Crippen molar-refractivity contribution in [3.8, 4) is 0 Å². The Labute approximate surface area is 118 Å². The maximum Gasteiger partial charge on any atom is 0.110 e. The van der Waals surface area contributed by atoms with Crippen molar-refractivity contribution in [2.75, 3.05) is 11.5 Å². The highest BCUT2D eigenvalue weighted by molar-refractivity contribution is 7.99. The lowest BCUT2D eigenvalue weighted by Gasteiger charge is -2.26. The minimum atomic E-state index is 0. The fourth-order valence-corrected chi connectivity index (χ4v) is 4.09. The first-order valence-electron chi connectivity index (χ1n) is 6.05. The number of aryl methyl sites for hydroxylation is 1. The second-order valence-electron chi connectivity index (χ2n) is 4.34. The van der Waals surface area contributed by atoms with Gasteiger partial charge >= 0.3 is 0 Å². The van der Waals surface area contributed by atoms with Gasteiger partial charge < -0.3 is 5.32 Å². The van der Waals surface area contributed by atoms with Gasteiger partial charge in [0.15, 0.2) is 0 Å². The van der Waals surface area contributed by atoms with E-state index in [-0.39, 0.29) is 12.4 Å². The number of aromatic nitrogens is 1. The number of halogens is 1. The van der Waals surface area contributed by atoms with E-state index in [2.05, 4.69) is 41.3 Å². The van der Waals surface area contributed by atoms with Crippen LogP contribution in [0.5, 0.6) is 0 Å². The molecule has 0 aliphatic carbocycles. The van der Waals surface area contributed by atoms with E-state index < -0.39 is 0 Å². The number of nitrogens with zero attached hydrogens (tertiary/aromatic N) is 1. The molecule has 1 aromatic heterocycles. The first kappa shape index (κ1) is 15.3. The van der Waals surface area contributed by atoms with Crippen molar-refractivity contribution in [2.45, 2.75) is 45.2 Å². The molecule has 1 unspecified atom stereocenters. The zero-order valence-electron chi connectivity index (χ0n) is 10.4. The lowest BCUT2D eigenvalue weighted by Crippen LogP contribution is -2.35. The van der Waals surface area contributed by atoms with E-state index in [1.165, 1.54) is 29.4 Å². The summed E-state index contributed by atoms with van der Waals surface area (Å²) in [5.41, 5.74) is 1.15. The van der Waals surface area contributed by atoms with Crippen LogP contribution in [0.3, 0.4) is 0 Å². The molecule has 98 valence electrons. The Morgan fingerprint density at radius 3 is 2.71 bits per heavy atom. The van der Waals surface area contributed by atoms with E-state index in [0.29, 0.717) is 12.1 Å². The summed E-state index contributed by atoms with van der Waals surface area (Å²) in [6.45, 7) is 4.32. The molecule has 1 N–H and O–H groups in total. The van der Waals surface area contributed by atoms with Crippen LogP contribution in [0.2, 0.25) is 0 Å². The zero-order valence-corrected chi connectivity index (χ0v) is 12.9. The number of thioether (sulfide) groups is 1. The molecule has 0 spiro atoms. The maximum absolute atomic E-state index is 4.60. The van der Waals surface area contributed by atoms with Gasteiger partial charge in [-0.25, -0.2) is 4.98 Å². The number of hydrogen-bond acceptors (Lipinski definition) is 4. The molecule has 2 nitrogen and oxygen atoms in total. The van der Waals surface area contributed by atoms with Crippen molar-refractivity contribution in [3.63, 3.8) is 0 Å². The standard InChI is InChI=1S/C12H20N2S2.ClH/c1-3-11(12-13-9(2)8-16-12)14-10-4-6-15-7-5-10;/h8,10-11,14H,3-7H2,1-2H3;1H. The van der Waals surface area contributed by atoms with Gasteiger partial charge in [0.1, 0.15) is 5.01 Å². The third kappa shape index (κ3) is 4.43. The van der Waals surface area contributed by atoms with Gasteiger partial charge in [0, 0.05) is 17.1 Å². The van der Waals surface area contributed by atoms with Crippen molar-refractivity contribution in [1.29, 1.82) is 0 Å². The number of thiazole rings is 1. The van der Waals surface area contributed by atoms with Crippen molar-refractivity contribution >= 4 is 35.5 Å². The van der Waals surface area contributed by atoms with E-state index in [1.807, 2.05) is 0 Å². The lowest BCUT2D eigenvalue weighted by molar-refractivity contribution is 0.405. The van der Waals surface area contributed by atoms with Crippen LogP contribution in [-0.2, 0) is 0 Å². The topological polar surface area (TPSA) is 24.9 Å². The Morgan fingerprint density at radius 2 is 2.18 bits per heavy atom. The monoisotopic (exact) mass is 292 g/mol. The van der Waals surface area contributed by atoms with Crippen LogP contribution >= 0.6 is 35.5 Å². The molecule has 0 radical (unpaired) electrons. The predicted octanol–water partition coefficient (Wildman–Crippen LogP) is 3.81. The fourth-order valence-electron chi connectivity index (χ4n) is 2.04. The normalized spacial score (nSPS) is 18.7. The molecule has 0 saturated carbocycles. The quantitative estimate of drug-likeness (QED) is 0.913. The molecule has 1 aliphatic rings. The maximum atomic E-state index is 4.60. The summed E-state index contributed by atoms with van der Waals surface area (Å²) in [6, 6.07) is 1.17. The highest BCUT2D eigenvalue weighted by Gasteiger charge is 2.19. The van der Waals surface area contributed by atoms with Gasteiger partial charge in [0.25, 0.3) is 0 Å². The Balaban J connectivity index is 0.00000144. The largest absolute Gasteiger partial charge is 0.305 e. The zero-order chi connectivity index (χ0) is 11.4. The van der Waals surface area contributed by atoms with Crippen molar-refractivity contribution < 1.29 is 0 Å². The lowest BCUT2D eigenvalue weighted by atomic mass is 10.1. The number of rotatable bonds is 4. The number of nitrogens with one attached hydrogen (secondary N) is 1. The van der Waals surface area contributed by atoms with Crippen molar-refractivity contribution in [2.24, 2.45) is 0 Å². The number of hydrogen-bond donors (Lipinski definition) is 1. The second kappa shape index (κ2) is 7.62. The van der Waals surface area contributed by atoms with Crippen LogP contribution in [0.25, 0.3) is 0 Å². The SMILES string of the molecule is CCC(NC1CCSCC1)c1nc(C)cs1.Cl. The van der Waals surface area contributed by atoms with E-state index in [0.717, 1.165) is 12.1 Å². The Kier molecular flexibility index (Phi) is 6.85. The first-order chi connectivity index (χ1) is 7.79. The summed E-state index contributed by atoms with van der Waals surface area (Å²) in [5, 5.41) is 7.18. The van der Waals surface area contributed by atoms with Gasteiger partial charge in [-0.15, -0.1) is 23.7 Å². The highest BCUT2D eigenvalue weighted by atomic mass is 35.5. The van der Waals surface area contributed by atoms with Crippen LogP contribution < -0.4 is 5.32 Å². The van der Waals surface area contributed by atoms with Crippen LogP contribution in [-0.4, -0.2) is 22.5 Å². The third-order valence-corrected chi connectivity index (χ3v) is 5.13. The summed E-state index contributed by atoms with van der Waals surface area (Å²) in [7, 11) is 0. The summed E-state index contributed by atoms with van der Waals surface area (Å²) in [4.78, 5) is 4.60. The summed E-state index contributed by atoms with van der Waals surface area (Å²) in [5.74, 6) is 2.62. The average molecular weight is 293 g/mol. The van der Waals surface area contributed by atoms with Crippen LogP contribution in [0.4, 0.5) is 0 Å². The molecular weight excluding hydrogens is 272 g/mol. The van der Waals surface area contributed by atoms with E-state index >= 15 is 0 Å². The summed E-state index contributed by atoms with van der Waals surface area (Å²) in [6.07, 6.45) is 3.76. The molecule has 1 aromatic rings. The van der Waals surface area contributed by atoms with Gasteiger partial charge in [0.05, 0.1) is 6.04 Å². The second-order valence-corrected chi connectivity index (χ2v) is 6.46. The summed E-state index contributed by atoms with van der Waals surface area (Å²) < 4.78 is 0. The Bertz CT molecular complexity index is 324. The molecule has 2 rings (SSSR count). The molecule has 1 fully saturated rings. The van der Waals surface area contributed by atoms with E-state index in [4.69, 9.17) is 0 Å². The molecule has 0 amide bonds. The molecule has 2 heterocycles. The van der Waals surface area contributed by atoms with E-state index in [9.17, 15) is 0 Å². The average Bonchev–Trinajstić information content (AvgIpc) is 2.74. The van der Waals surface area contributed by atoms with Crippen LogP contribution in [0.15, 0.2) is 5.38 Å². The molecule has 1 saturated heterocycles. The van der Waals surface area contributed by atoms with Gasteiger partial charge in [0.2, 0.25) is 0 Å². The smallest absolute Gasteiger partial charge is 0.110 e. The molecule has 1 atom stereocenters. The van der Waals surface area contributed by atoms with Gasteiger partial charge in [-0.05, 0) is 37.7 Å². The fraction of sp³-hybridized carbons (Fsp3) is 0.750. The van der Waals surface area contributed by atoms with E-state index in [1.54, 1.807) is 11.3 Å². The summed E-state index contributed by atoms with van der Waals surface area (Å²) >= 11 is 3.87. The third-order valence-electron chi connectivity index (χ3n) is 3.00. The van der Waals surface area contributed by atoms with Crippen molar-refractivity contribution in [3.05, 3.63) is 16.1 Å². The Hall–Kier alpha value is 0.230. The van der Waals surface area contributed by atoms with Crippen LogP contribution in [0.1, 0.15) is 42.9 Å². The van der Waals surface area contributed by atoms with Crippen molar-refractivity contribution in [1.82, 2.24) is 10.3 Å². The highest BCUT2D eigenvalue weighted by Crippen LogP contribution is 2.24. The predicted molar refractivity (Wildman–Crippen MR) is 80.6 cm³/mol. The minimum absolute atomic E-state index is 0. The molecule has 0 bridgehead atoms. The Morgan fingerprint density at radius 1 is 1.47 bits per heavy atom. The van der Waals surface area contributed by atoms with Crippen LogP contribution in [0, 0.1) is 6.92 Å². The molecular formula is C12H21ClN2S2.